The maximum absolute atomic E-state index is 12.8. The fourth-order valence-corrected chi connectivity index (χ4v) is 3.72. The number of benzene rings is 1. The van der Waals surface area contributed by atoms with Crippen molar-refractivity contribution in [2.24, 2.45) is 7.05 Å². The van der Waals surface area contributed by atoms with Gasteiger partial charge >= 0.3 is 0 Å². The lowest BCUT2D eigenvalue weighted by atomic mass is 10.00. The highest BCUT2D eigenvalue weighted by atomic mass is 35.5. The van der Waals surface area contributed by atoms with Crippen LogP contribution in [-0.4, -0.2) is 42.7 Å². The van der Waals surface area contributed by atoms with E-state index in [0.717, 1.165) is 4.57 Å². The Bertz CT molecular complexity index is 1390. The Balaban J connectivity index is 1.84. The zero-order valence-corrected chi connectivity index (χ0v) is 19.2. The van der Waals surface area contributed by atoms with Gasteiger partial charge in [0.05, 0.1) is 12.2 Å². The van der Waals surface area contributed by atoms with Gasteiger partial charge in [-0.3, -0.25) is 14.2 Å². The molecule has 0 fully saturated rings. The third kappa shape index (κ3) is 4.33. The van der Waals surface area contributed by atoms with Crippen LogP contribution in [0.15, 0.2) is 58.4 Å². The number of amides is 1. The number of nitrogens with one attached hydrogen (secondary N) is 1. The Labute approximate surface area is 198 Å². The van der Waals surface area contributed by atoms with Crippen molar-refractivity contribution < 1.29 is 14.4 Å². The van der Waals surface area contributed by atoms with Gasteiger partial charge in [-0.05, 0) is 18.6 Å². The van der Waals surface area contributed by atoms with E-state index in [1.165, 1.54) is 19.5 Å². The van der Waals surface area contributed by atoms with E-state index in [1.807, 2.05) is 12.1 Å². The number of aromatic nitrogens is 5. The summed E-state index contributed by atoms with van der Waals surface area (Å²) in [5, 5.41) is 16.8. The quantitative estimate of drug-likeness (QED) is 0.425. The van der Waals surface area contributed by atoms with Crippen molar-refractivity contribution in [3.8, 4) is 5.75 Å². The van der Waals surface area contributed by atoms with E-state index < -0.39 is 29.0 Å². The number of nitrogens with zero attached hydrogens (tertiary/aromatic N) is 6. The molecule has 0 aliphatic carbocycles. The standard InChI is InChI=1S/C22H20ClN7O4/c1-12-24-8-13(9-25-12)18(15-6-4-5-7-16(15)23)29(2)22-28-17(19(31)21(33)30(22)3)20(32)27-14-10-26-34-11-14/h4-11,18,31H,1-3H3,(H,27,32). The minimum absolute atomic E-state index is 0.101. The van der Waals surface area contributed by atoms with Crippen LogP contribution in [0, 0.1) is 6.92 Å². The molecule has 0 saturated carbocycles. The van der Waals surface area contributed by atoms with Crippen LogP contribution < -0.4 is 15.8 Å². The number of aromatic hydroxyl groups is 1. The smallest absolute Gasteiger partial charge is 0.297 e. The van der Waals surface area contributed by atoms with Crippen LogP contribution in [0.2, 0.25) is 5.02 Å². The summed E-state index contributed by atoms with van der Waals surface area (Å²) >= 11 is 6.51. The Hall–Kier alpha value is -4.25. The molecule has 1 unspecified atom stereocenters. The van der Waals surface area contributed by atoms with Gasteiger partial charge in [0.25, 0.3) is 11.5 Å². The van der Waals surface area contributed by atoms with E-state index in [9.17, 15) is 14.7 Å². The summed E-state index contributed by atoms with van der Waals surface area (Å²) in [6.07, 6.45) is 5.79. The lowest BCUT2D eigenvalue weighted by Crippen LogP contribution is -2.34. The topological polar surface area (TPSA) is 139 Å². The number of aryl methyl sites for hydroxylation is 1. The molecule has 0 aliphatic heterocycles. The zero-order valence-electron chi connectivity index (χ0n) is 18.4. The number of halogens is 1. The van der Waals surface area contributed by atoms with Gasteiger partial charge in [-0.15, -0.1) is 0 Å². The first-order valence-electron chi connectivity index (χ1n) is 10.0. The van der Waals surface area contributed by atoms with Crippen molar-refractivity contribution >= 4 is 29.1 Å². The largest absolute Gasteiger partial charge is 0.501 e. The molecule has 1 aromatic carbocycles. The van der Waals surface area contributed by atoms with Crippen LogP contribution in [0.1, 0.15) is 33.5 Å². The van der Waals surface area contributed by atoms with Crippen LogP contribution >= 0.6 is 11.6 Å². The third-order valence-corrected chi connectivity index (χ3v) is 5.51. The normalized spacial score (nSPS) is 11.8. The zero-order chi connectivity index (χ0) is 24.4. The van der Waals surface area contributed by atoms with E-state index in [2.05, 4.69) is 29.9 Å². The number of carbonyl (C=O) groups excluding carboxylic acids is 1. The summed E-state index contributed by atoms with van der Waals surface area (Å²) in [6, 6.07) is 6.65. The van der Waals surface area contributed by atoms with Crippen molar-refractivity contribution in [1.82, 2.24) is 24.7 Å². The fraction of sp³-hybridized carbons (Fsp3) is 0.182. The summed E-state index contributed by atoms with van der Waals surface area (Å²) in [6.45, 7) is 1.77. The molecular weight excluding hydrogens is 462 g/mol. The third-order valence-electron chi connectivity index (χ3n) is 5.17. The average molecular weight is 482 g/mol. The predicted octanol–water partition coefficient (Wildman–Crippen LogP) is 2.70. The van der Waals surface area contributed by atoms with Crippen LogP contribution in [0.4, 0.5) is 11.6 Å². The minimum atomic E-state index is -0.805. The molecule has 34 heavy (non-hydrogen) atoms. The molecule has 11 nitrogen and oxygen atoms in total. The van der Waals surface area contributed by atoms with Crippen molar-refractivity contribution in [3.05, 3.63) is 87.1 Å². The molecule has 174 valence electrons. The average Bonchev–Trinajstić information content (AvgIpc) is 3.33. The Kier molecular flexibility index (Phi) is 6.28. The summed E-state index contributed by atoms with van der Waals surface area (Å²) < 4.78 is 5.83. The van der Waals surface area contributed by atoms with E-state index in [-0.39, 0.29) is 11.6 Å². The molecule has 3 heterocycles. The van der Waals surface area contributed by atoms with Crippen molar-refractivity contribution in [1.29, 1.82) is 0 Å². The molecule has 3 aromatic heterocycles. The van der Waals surface area contributed by atoms with Gasteiger partial charge in [0.1, 0.15) is 17.8 Å². The fourth-order valence-electron chi connectivity index (χ4n) is 3.48. The molecule has 12 heteroatoms. The van der Waals surface area contributed by atoms with Gasteiger partial charge in [-0.1, -0.05) is 35.0 Å². The summed E-state index contributed by atoms with van der Waals surface area (Å²) in [5.41, 5.74) is 0.373. The van der Waals surface area contributed by atoms with Crippen LogP contribution in [0.3, 0.4) is 0 Å². The molecule has 0 spiro atoms. The molecule has 2 N–H and O–H groups in total. The maximum Gasteiger partial charge on any atom is 0.297 e. The molecule has 1 atom stereocenters. The Morgan fingerprint density at radius 2 is 1.94 bits per heavy atom. The van der Waals surface area contributed by atoms with Crippen LogP contribution in [-0.2, 0) is 7.05 Å². The van der Waals surface area contributed by atoms with Crippen molar-refractivity contribution in [3.63, 3.8) is 0 Å². The van der Waals surface area contributed by atoms with E-state index >= 15 is 0 Å². The number of anilines is 2. The van der Waals surface area contributed by atoms with Crippen molar-refractivity contribution in [2.45, 2.75) is 13.0 Å². The highest BCUT2D eigenvalue weighted by molar-refractivity contribution is 6.31. The minimum Gasteiger partial charge on any atom is -0.501 e. The van der Waals surface area contributed by atoms with Crippen LogP contribution in [0.5, 0.6) is 5.75 Å². The Morgan fingerprint density at radius 3 is 2.59 bits per heavy atom. The van der Waals surface area contributed by atoms with Gasteiger partial charge in [0, 0.05) is 37.1 Å². The number of carbonyl (C=O) groups is 1. The first-order valence-corrected chi connectivity index (χ1v) is 10.4. The second-order valence-electron chi connectivity index (χ2n) is 7.44. The molecule has 4 rings (SSSR count). The second kappa shape index (κ2) is 9.32. The molecule has 0 radical (unpaired) electrons. The lowest BCUT2D eigenvalue weighted by molar-refractivity contribution is 0.101. The highest BCUT2D eigenvalue weighted by Gasteiger charge is 2.28. The number of hydrogen-bond acceptors (Lipinski definition) is 9. The Morgan fingerprint density at radius 1 is 1.24 bits per heavy atom. The van der Waals surface area contributed by atoms with Gasteiger partial charge < -0.3 is 19.8 Å². The van der Waals surface area contributed by atoms with Gasteiger partial charge in [-0.25, -0.2) is 15.0 Å². The highest BCUT2D eigenvalue weighted by Crippen LogP contribution is 2.34. The molecule has 1 amide bonds. The summed E-state index contributed by atoms with van der Waals surface area (Å²) in [7, 11) is 3.13. The van der Waals surface area contributed by atoms with Crippen molar-refractivity contribution in [2.75, 3.05) is 17.3 Å². The monoisotopic (exact) mass is 481 g/mol. The van der Waals surface area contributed by atoms with Gasteiger partial charge in [-0.2, -0.15) is 0 Å². The predicted molar refractivity (Wildman–Crippen MR) is 124 cm³/mol. The SMILES string of the molecule is Cc1ncc(C(c2ccccc2Cl)N(C)c2nc(C(=O)Nc3cnoc3)c(O)c(=O)n2C)cn1. The molecule has 0 aliphatic rings. The first-order chi connectivity index (χ1) is 16.3. The number of rotatable bonds is 6. The van der Waals surface area contributed by atoms with Gasteiger partial charge in [0.2, 0.25) is 11.7 Å². The van der Waals surface area contributed by atoms with E-state index in [0.29, 0.717) is 22.0 Å². The summed E-state index contributed by atoms with van der Waals surface area (Å²) in [5.74, 6) is -0.904. The van der Waals surface area contributed by atoms with E-state index in [4.69, 9.17) is 11.6 Å². The first kappa shape index (κ1) is 22.9. The maximum atomic E-state index is 12.8. The molecular formula is C22H20ClN7O4. The lowest BCUT2D eigenvalue weighted by Gasteiger charge is -2.31. The molecule has 0 saturated heterocycles. The summed E-state index contributed by atoms with van der Waals surface area (Å²) in [4.78, 5) is 40.1. The molecule has 4 aromatic rings. The second-order valence-corrected chi connectivity index (χ2v) is 7.85. The molecule has 0 bridgehead atoms. The number of hydrogen-bond donors (Lipinski definition) is 2. The van der Waals surface area contributed by atoms with Gasteiger partial charge in [0.15, 0.2) is 5.69 Å². The van der Waals surface area contributed by atoms with Crippen LogP contribution in [0.25, 0.3) is 0 Å². The van der Waals surface area contributed by atoms with E-state index in [1.54, 1.807) is 43.4 Å².